The van der Waals surface area contributed by atoms with Gasteiger partial charge in [0.05, 0.1) is 18.8 Å². The number of nitrogens with zero attached hydrogens (tertiary/aromatic N) is 2. The third-order valence-electron chi connectivity index (χ3n) is 6.65. The minimum Gasteiger partial charge on any atom is -0.493 e. The van der Waals surface area contributed by atoms with Crippen LogP contribution < -0.4 is 30.6 Å². The number of likely N-dealkylation sites (tertiary alicyclic amines) is 1. The molecule has 3 aliphatic rings. The van der Waals surface area contributed by atoms with Crippen molar-refractivity contribution in [2.24, 2.45) is 0 Å². The second kappa shape index (κ2) is 11.2. The van der Waals surface area contributed by atoms with Crippen molar-refractivity contribution in [3.63, 3.8) is 0 Å². The number of methoxy groups -OCH3 is 1. The van der Waals surface area contributed by atoms with E-state index in [1.165, 1.54) is 13.2 Å². The number of amides is 3. The van der Waals surface area contributed by atoms with Crippen molar-refractivity contribution >= 4 is 34.2 Å². The lowest BCUT2D eigenvalue weighted by atomic mass is 10.0. The molecule has 0 spiro atoms. The van der Waals surface area contributed by atoms with Crippen LogP contribution >= 0.6 is 11.3 Å². The summed E-state index contributed by atoms with van der Waals surface area (Å²) in [6.45, 7) is 2.51. The van der Waals surface area contributed by atoms with Gasteiger partial charge in [-0.05, 0) is 42.8 Å². The molecule has 3 aromatic rings. The average molecular weight is 552 g/mol. The summed E-state index contributed by atoms with van der Waals surface area (Å²) in [6, 6.07) is 11.6. The monoisotopic (exact) mass is 551 g/mol. The highest BCUT2D eigenvalue weighted by Gasteiger charge is 2.35. The molecule has 4 heterocycles. The number of rotatable bonds is 2. The summed E-state index contributed by atoms with van der Waals surface area (Å²) in [5.74, 6) is 0.407. The maximum absolute atomic E-state index is 13.4. The minimum atomic E-state index is -0.508. The predicted octanol–water partition coefficient (Wildman–Crippen LogP) is 2.14. The van der Waals surface area contributed by atoms with E-state index in [2.05, 4.69) is 15.6 Å². The number of benzene rings is 2. The highest BCUT2D eigenvalue weighted by Crippen LogP contribution is 2.29. The van der Waals surface area contributed by atoms with E-state index in [1.54, 1.807) is 24.0 Å². The fourth-order valence-electron chi connectivity index (χ4n) is 4.59. The fourth-order valence-corrected chi connectivity index (χ4v) is 5.39. The number of aromatic nitrogens is 1. The van der Waals surface area contributed by atoms with E-state index >= 15 is 0 Å². The number of anilines is 1. The van der Waals surface area contributed by atoms with Gasteiger partial charge in [0, 0.05) is 31.6 Å². The van der Waals surface area contributed by atoms with Gasteiger partial charge in [0.1, 0.15) is 16.7 Å². The van der Waals surface area contributed by atoms with E-state index < -0.39 is 6.04 Å². The van der Waals surface area contributed by atoms with Crippen molar-refractivity contribution in [3.05, 3.63) is 64.2 Å². The second-order valence-corrected chi connectivity index (χ2v) is 10.3. The van der Waals surface area contributed by atoms with Gasteiger partial charge >= 0.3 is 0 Å². The zero-order valence-corrected chi connectivity index (χ0v) is 22.4. The maximum Gasteiger partial charge on any atom is 0.266 e. The number of hydrogen-bond acceptors (Lipinski definition) is 9. The fraction of sp³-hybridized carbons (Fsp3) is 0.333. The van der Waals surface area contributed by atoms with Crippen molar-refractivity contribution in [2.75, 3.05) is 32.5 Å². The molecule has 39 heavy (non-hydrogen) atoms. The number of carbonyl (C=O) groups is 3. The molecule has 1 aromatic heterocycles. The molecule has 0 aliphatic carbocycles. The van der Waals surface area contributed by atoms with Gasteiger partial charge in [-0.3, -0.25) is 14.4 Å². The first-order valence-electron chi connectivity index (χ1n) is 12.5. The van der Waals surface area contributed by atoms with E-state index in [0.29, 0.717) is 52.3 Å². The summed E-state index contributed by atoms with van der Waals surface area (Å²) in [5, 5.41) is 6.19. The van der Waals surface area contributed by atoms with Crippen LogP contribution in [0.1, 0.15) is 37.7 Å². The largest absolute Gasteiger partial charge is 0.493 e. The summed E-state index contributed by atoms with van der Waals surface area (Å²) in [6.07, 6.45) is 0.111. The third kappa shape index (κ3) is 5.90. The first-order chi connectivity index (χ1) is 18.8. The molecule has 2 aromatic carbocycles. The highest BCUT2D eigenvalue weighted by atomic mass is 32.1. The molecular formula is C27H29N5O6S. The van der Waals surface area contributed by atoms with Gasteiger partial charge in [0.2, 0.25) is 0 Å². The molecular weight excluding hydrogens is 522 g/mol. The Labute approximate surface area is 229 Å². The normalized spacial score (nSPS) is 19.6. The Morgan fingerprint density at radius 2 is 2.00 bits per heavy atom. The van der Waals surface area contributed by atoms with Crippen LogP contribution in [0.15, 0.2) is 42.5 Å². The Morgan fingerprint density at radius 1 is 1.21 bits per heavy atom. The lowest BCUT2D eigenvalue weighted by Crippen LogP contribution is -2.58. The summed E-state index contributed by atoms with van der Waals surface area (Å²) >= 11 is 1.15. The number of nitrogens with one attached hydrogen (secondary N) is 2. The number of ether oxygens (including phenoxy) is 3. The van der Waals surface area contributed by atoms with E-state index in [-0.39, 0.29) is 42.7 Å². The molecule has 0 radical (unpaired) electrons. The number of piperidine rings is 1. The summed E-state index contributed by atoms with van der Waals surface area (Å²) < 4.78 is 17.3. The van der Waals surface area contributed by atoms with E-state index in [9.17, 15) is 14.4 Å². The van der Waals surface area contributed by atoms with Crippen LogP contribution in [0.25, 0.3) is 0 Å². The minimum absolute atomic E-state index is 0.181. The molecule has 11 nitrogen and oxygen atoms in total. The predicted molar refractivity (Wildman–Crippen MR) is 144 cm³/mol. The number of carbonyl (C=O) groups excluding carboxylic acids is 3. The van der Waals surface area contributed by atoms with Crippen LogP contribution in [0.5, 0.6) is 17.2 Å². The molecule has 12 heteroatoms. The van der Waals surface area contributed by atoms with Crippen LogP contribution in [0.3, 0.4) is 0 Å². The molecule has 3 aliphatic heterocycles. The number of nitrogens with two attached hydrogens (primary N) is 1. The standard InChI is InChI=1S/C27H29N5O6S/c1-15-24(39-27(28)30-15)26(35)32-10-9-20-19(13-32)31-25(34)17-5-8-21(36-2)22(11-17)37-14-23(33)29-12-16-3-6-18(38-20)7-4-16/h3-8,11,19-20H,9-10,12-14H2,1-2H3,(H2,28,30)(H,29,33)(H,31,34)/t19-,20+/m0/s1. The Morgan fingerprint density at radius 3 is 2.72 bits per heavy atom. The molecule has 1 fully saturated rings. The topological polar surface area (TPSA) is 145 Å². The number of aryl methyl sites for hydroxylation is 1. The lowest BCUT2D eigenvalue weighted by molar-refractivity contribution is -0.123. The molecule has 6 rings (SSSR count). The summed E-state index contributed by atoms with van der Waals surface area (Å²) in [5.41, 5.74) is 7.60. The van der Waals surface area contributed by atoms with Crippen molar-refractivity contribution in [2.45, 2.75) is 32.0 Å². The zero-order valence-electron chi connectivity index (χ0n) is 21.6. The molecule has 4 N–H and O–H groups in total. The first-order valence-corrected chi connectivity index (χ1v) is 13.3. The van der Waals surface area contributed by atoms with Crippen LogP contribution in [-0.2, 0) is 11.3 Å². The summed E-state index contributed by atoms with van der Waals surface area (Å²) in [7, 11) is 1.48. The van der Waals surface area contributed by atoms with Crippen LogP contribution in [-0.4, -0.2) is 66.6 Å². The Bertz CT molecular complexity index is 1390. The van der Waals surface area contributed by atoms with E-state index in [0.717, 1.165) is 16.9 Å². The zero-order chi connectivity index (χ0) is 27.5. The first kappa shape index (κ1) is 26.3. The highest BCUT2D eigenvalue weighted by molar-refractivity contribution is 7.17. The van der Waals surface area contributed by atoms with Crippen molar-refractivity contribution < 1.29 is 28.6 Å². The molecule has 0 saturated carbocycles. The lowest BCUT2D eigenvalue weighted by Gasteiger charge is -2.38. The smallest absolute Gasteiger partial charge is 0.266 e. The van der Waals surface area contributed by atoms with Gasteiger partial charge < -0.3 is 35.5 Å². The third-order valence-corrected chi connectivity index (χ3v) is 7.62. The van der Waals surface area contributed by atoms with E-state index in [4.69, 9.17) is 19.9 Å². The Hall–Kier alpha value is -4.32. The Kier molecular flexibility index (Phi) is 7.55. The molecule has 1 saturated heterocycles. The van der Waals surface area contributed by atoms with Crippen molar-refractivity contribution in [3.8, 4) is 17.2 Å². The van der Waals surface area contributed by atoms with Crippen molar-refractivity contribution in [1.29, 1.82) is 0 Å². The van der Waals surface area contributed by atoms with Crippen LogP contribution in [0.4, 0.5) is 5.13 Å². The van der Waals surface area contributed by atoms with Crippen LogP contribution in [0.2, 0.25) is 0 Å². The molecule has 2 atom stereocenters. The van der Waals surface area contributed by atoms with Gasteiger partial charge in [-0.1, -0.05) is 23.5 Å². The van der Waals surface area contributed by atoms with Gasteiger partial charge in [0.25, 0.3) is 17.7 Å². The summed E-state index contributed by atoms with van der Waals surface area (Å²) in [4.78, 5) is 45.4. The molecule has 204 valence electrons. The van der Waals surface area contributed by atoms with Crippen molar-refractivity contribution in [1.82, 2.24) is 20.5 Å². The number of thiazole rings is 1. The second-order valence-electron chi connectivity index (χ2n) is 9.32. The van der Waals surface area contributed by atoms with E-state index in [1.807, 2.05) is 24.3 Å². The van der Waals surface area contributed by atoms with Gasteiger partial charge in [-0.2, -0.15) is 0 Å². The number of hydrogen-bond donors (Lipinski definition) is 3. The number of nitrogen functional groups attached to an aromatic ring is 1. The van der Waals surface area contributed by atoms with Gasteiger partial charge in [0.15, 0.2) is 23.2 Å². The molecule has 3 amide bonds. The van der Waals surface area contributed by atoms with Gasteiger partial charge in [-0.15, -0.1) is 0 Å². The number of fused-ring (bicyclic) bond motifs is 7. The SMILES string of the molecule is COc1ccc2cc1OCC(=O)NCc1ccc(cc1)O[C@@H]1CCN(C(=O)c3sc(N)nc3C)C[C@@H]1NC2=O. The molecule has 4 bridgehead atoms. The Balaban J connectivity index is 1.45. The van der Waals surface area contributed by atoms with Gasteiger partial charge in [-0.25, -0.2) is 4.98 Å². The average Bonchev–Trinajstić information content (AvgIpc) is 3.28. The molecule has 0 unspecified atom stereocenters. The van der Waals surface area contributed by atoms with Crippen LogP contribution in [0, 0.1) is 6.92 Å². The maximum atomic E-state index is 13.4. The quantitative estimate of drug-likeness (QED) is 0.439.